The lowest BCUT2D eigenvalue weighted by atomic mass is 9.88. The highest BCUT2D eigenvalue weighted by atomic mass is 35.5. The van der Waals surface area contributed by atoms with E-state index >= 15 is 4.39 Å². The second-order valence-electron chi connectivity index (χ2n) is 9.19. The van der Waals surface area contributed by atoms with Crippen molar-refractivity contribution in [2.75, 3.05) is 24.6 Å². The number of aliphatic hydroxyl groups is 2. The Morgan fingerprint density at radius 1 is 1.32 bits per heavy atom. The van der Waals surface area contributed by atoms with Crippen molar-refractivity contribution in [1.29, 1.82) is 0 Å². The first-order valence-corrected chi connectivity index (χ1v) is 11.0. The van der Waals surface area contributed by atoms with E-state index in [2.05, 4.69) is 0 Å². The molecule has 1 aromatic carbocycles. The van der Waals surface area contributed by atoms with Crippen LogP contribution in [0.15, 0.2) is 17.1 Å². The van der Waals surface area contributed by atoms with Crippen LogP contribution in [0.2, 0.25) is 5.02 Å². The van der Waals surface area contributed by atoms with Gasteiger partial charge in [0.15, 0.2) is 0 Å². The predicted octanol–water partition coefficient (Wildman–Crippen LogP) is 2.79. The van der Waals surface area contributed by atoms with Crippen LogP contribution >= 0.6 is 11.6 Å². The molecule has 3 fully saturated rings. The highest BCUT2D eigenvalue weighted by Crippen LogP contribution is 2.52. The summed E-state index contributed by atoms with van der Waals surface area (Å²) in [5.41, 5.74) is -1.06. The molecule has 0 bridgehead atoms. The molecule has 2 heterocycles. The van der Waals surface area contributed by atoms with E-state index in [1.165, 1.54) is 6.20 Å². The van der Waals surface area contributed by atoms with Gasteiger partial charge in [-0.3, -0.25) is 4.79 Å². The van der Waals surface area contributed by atoms with Crippen molar-refractivity contribution in [3.8, 4) is 0 Å². The molecule has 1 aromatic heterocycles. The number of fused-ring (bicyclic) bond motifs is 1. The van der Waals surface area contributed by atoms with Crippen LogP contribution in [0, 0.1) is 17.2 Å². The van der Waals surface area contributed by atoms with E-state index in [4.69, 9.17) is 11.6 Å². The Morgan fingerprint density at radius 2 is 2.03 bits per heavy atom. The minimum absolute atomic E-state index is 0.0319. The van der Waals surface area contributed by atoms with Gasteiger partial charge in [0.05, 0.1) is 34.3 Å². The second kappa shape index (κ2) is 7.18. The summed E-state index contributed by atoms with van der Waals surface area (Å²) in [5, 5.41) is 29.8. The van der Waals surface area contributed by atoms with Crippen molar-refractivity contribution >= 4 is 34.2 Å². The second-order valence-corrected chi connectivity index (χ2v) is 9.57. The molecule has 2 aliphatic carbocycles. The van der Waals surface area contributed by atoms with E-state index in [0.29, 0.717) is 25.0 Å². The molecule has 2 unspecified atom stereocenters. The third-order valence-corrected chi connectivity index (χ3v) is 7.53. The van der Waals surface area contributed by atoms with Crippen LogP contribution in [0.25, 0.3) is 10.9 Å². The molecule has 2 aromatic rings. The predicted molar refractivity (Wildman–Crippen MR) is 113 cm³/mol. The summed E-state index contributed by atoms with van der Waals surface area (Å²) in [6.45, 7) is 0.827. The molecule has 7 nitrogen and oxygen atoms in total. The summed E-state index contributed by atoms with van der Waals surface area (Å²) in [6, 6.07) is 1.12. The fourth-order valence-electron chi connectivity index (χ4n) is 4.97. The van der Waals surface area contributed by atoms with Gasteiger partial charge in [0.2, 0.25) is 5.43 Å². The Kier molecular flexibility index (Phi) is 4.80. The van der Waals surface area contributed by atoms with Crippen LogP contribution in [-0.4, -0.2) is 51.7 Å². The first kappa shape index (κ1) is 20.7. The van der Waals surface area contributed by atoms with Crippen molar-refractivity contribution in [2.24, 2.45) is 11.3 Å². The number of pyridine rings is 1. The number of carboxylic acids is 1. The number of anilines is 1. The molecule has 3 N–H and O–H groups in total. The molecule has 0 radical (unpaired) electrons. The number of hydrogen-bond acceptors (Lipinski definition) is 5. The van der Waals surface area contributed by atoms with E-state index < -0.39 is 34.3 Å². The van der Waals surface area contributed by atoms with Crippen LogP contribution in [0.5, 0.6) is 0 Å². The lowest BCUT2D eigenvalue weighted by Gasteiger charge is -2.27. The van der Waals surface area contributed by atoms with Crippen molar-refractivity contribution in [2.45, 2.75) is 44.2 Å². The standard InChI is InChI=1S/C22H24ClFN2O5/c23-16-17-13(19(28)14(21(30)31)9-26(17)12-1-2-12)7-15(24)18(16)25-6-3-11(8-25)20(29)22(10-27)4-5-22/h7,9,11-12,20,27,29H,1-6,8,10H2,(H,30,31). The van der Waals surface area contributed by atoms with Gasteiger partial charge in [-0.05, 0) is 38.2 Å². The number of aliphatic hydroxyl groups excluding tert-OH is 2. The number of carboxylic acid groups (broad SMARTS) is 1. The Morgan fingerprint density at radius 3 is 2.61 bits per heavy atom. The Hall–Kier alpha value is -2.16. The topological polar surface area (TPSA) is 103 Å². The van der Waals surface area contributed by atoms with E-state index in [0.717, 1.165) is 31.7 Å². The van der Waals surface area contributed by atoms with Crippen molar-refractivity contribution in [3.63, 3.8) is 0 Å². The average Bonchev–Trinajstić information content (AvgIpc) is 3.66. The first-order chi connectivity index (χ1) is 14.8. The maximum Gasteiger partial charge on any atom is 0.341 e. The molecule has 5 rings (SSSR count). The molecule has 0 spiro atoms. The Balaban J connectivity index is 1.58. The normalized spacial score (nSPS) is 23.4. The molecule has 3 aliphatic rings. The highest BCUT2D eigenvalue weighted by Gasteiger charge is 2.52. The van der Waals surface area contributed by atoms with E-state index in [-0.39, 0.29) is 34.7 Å². The number of nitrogens with zero attached hydrogens (tertiary/aromatic N) is 2. The molecule has 0 amide bonds. The fourth-order valence-corrected chi connectivity index (χ4v) is 5.38. The third kappa shape index (κ3) is 3.23. The number of aromatic carboxylic acids is 1. The Labute approximate surface area is 182 Å². The van der Waals surface area contributed by atoms with Gasteiger partial charge in [0.1, 0.15) is 11.4 Å². The van der Waals surface area contributed by atoms with Crippen LogP contribution < -0.4 is 10.3 Å². The van der Waals surface area contributed by atoms with Gasteiger partial charge in [-0.2, -0.15) is 0 Å². The number of benzene rings is 1. The summed E-state index contributed by atoms with van der Waals surface area (Å²) >= 11 is 6.67. The Bertz CT molecular complexity index is 1140. The van der Waals surface area contributed by atoms with E-state index in [1.807, 2.05) is 0 Å². The van der Waals surface area contributed by atoms with Crippen molar-refractivity contribution in [3.05, 3.63) is 38.9 Å². The number of aromatic nitrogens is 1. The maximum atomic E-state index is 15.2. The lowest BCUT2D eigenvalue weighted by molar-refractivity contribution is 0.0139. The minimum atomic E-state index is -1.35. The van der Waals surface area contributed by atoms with Gasteiger partial charge in [-0.1, -0.05) is 11.6 Å². The zero-order chi connectivity index (χ0) is 22.1. The van der Waals surface area contributed by atoms with Crippen LogP contribution in [-0.2, 0) is 0 Å². The molecule has 9 heteroatoms. The quantitative estimate of drug-likeness (QED) is 0.625. The molecule has 2 atom stereocenters. The molecule has 2 saturated carbocycles. The minimum Gasteiger partial charge on any atom is -0.477 e. The first-order valence-electron chi connectivity index (χ1n) is 10.6. The number of hydrogen-bond donors (Lipinski definition) is 3. The monoisotopic (exact) mass is 450 g/mol. The van der Waals surface area contributed by atoms with Gasteiger partial charge in [-0.25, -0.2) is 9.18 Å². The van der Waals surface area contributed by atoms with Crippen LogP contribution in [0.1, 0.15) is 48.5 Å². The zero-order valence-electron chi connectivity index (χ0n) is 16.9. The summed E-state index contributed by atoms with van der Waals surface area (Å²) in [4.78, 5) is 26.0. The smallest absolute Gasteiger partial charge is 0.341 e. The van der Waals surface area contributed by atoms with Crippen molar-refractivity contribution in [1.82, 2.24) is 4.57 Å². The van der Waals surface area contributed by atoms with Gasteiger partial charge < -0.3 is 24.8 Å². The molecule has 31 heavy (non-hydrogen) atoms. The average molecular weight is 451 g/mol. The van der Waals surface area contributed by atoms with E-state index in [1.54, 1.807) is 9.47 Å². The maximum absolute atomic E-state index is 15.2. The van der Waals surface area contributed by atoms with Crippen LogP contribution in [0.4, 0.5) is 10.1 Å². The molecular formula is C22H24ClFN2O5. The number of carbonyl (C=O) groups is 1. The SMILES string of the molecule is O=C(O)c1cn(C2CC2)c2c(Cl)c(N3CCC(C(O)C4(CO)CC4)C3)c(F)cc2c1=O. The number of rotatable bonds is 6. The third-order valence-electron chi connectivity index (χ3n) is 7.18. The van der Waals surface area contributed by atoms with Crippen molar-refractivity contribution < 1.29 is 24.5 Å². The molecule has 1 saturated heterocycles. The van der Waals surface area contributed by atoms with E-state index in [9.17, 15) is 24.9 Å². The fraction of sp³-hybridized carbons (Fsp3) is 0.545. The summed E-state index contributed by atoms with van der Waals surface area (Å²) in [6.07, 6.45) is 4.53. The molecular weight excluding hydrogens is 427 g/mol. The molecule has 1 aliphatic heterocycles. The van der Waals surface area contributed by atoms with Gasteiger partial charge in [-0.15, -0.1) is 0 Å². The van der Waals surface area contributed by atoms with Crippen LogP contribution in [0.3, 0.4) is 0 Å². The lowest BCUT2D eigenvalue weighted by Crippen LogP contribution is -2.35. The summed E-state index contributed by atoms with van der Waals surface area (Å²) in [5.74, 6) is -2.14. The largest absolute Gasteiger partial charge is 0.477 e. The zero-order valence-corrected chi connectivity index (χ0v) is 17.6. The number of halogens is 2. The van der Waals surface area contributed by atoms with Gasteiger partial charge in [0, 0.05) is 36.7 Å². The summed E-state index contributed by atoms with van der Waals surface area (Å²) < 4.78 is 16.9. The molecule has 166 valence electrons. The summed E-state index contributed by atoms with van der Waals surface area (Å²) in [7, 11) is 0. The van der Waals surface area contributed by atoms with Gasteiger partial charge in [0.25, 0.3) is 0 Å². The highest BCUT2D eigenvalue weighted by molar-refractivity contribution is 6.38. The van der Waals surface area contributed by atoms with Gasteiger partial charge >= 0.3 is 5.97 Å².